The van der Waals surface area contributed by atoms with Crippen LogP contribution in [-0.4, -0.2) is 66.7 Å². The molecular formula is C19H26N2O5. The van der Waals surface area contributed by atoms with E-state index < -0.39 is 11.6 Å². The Hall–Kier alpha value is -2.57. The van der Waals surface area contributed by atoms with Gasteiger partial charge in [0.1, 0.15) is 5.60 Å². The van der Waals surface area contributed by atoms with Crippen LogP contribution in [0.4, 0.5) is 4.79 Å². The molecule has 0 saturated carbocycles. The van der Waals surface area contributed by atoms with Gasteiger partial charge < -0.3 is 19.3 Å². The van der Waals surface area contributed by atoms with Crippen molar-refractivity contribution < 1.29 is 23.9 Å². The zero-order chi connectivity index (χ0) is 19.3. The van der Waals surface area contributed by atoms with E-state index in [4.69, 9.17) is 9.47 Å². The predicted octanol–water partition coefficient (Wildman–Crippen LogP) is 2.56. The normalized spacial score (nSPS) is 15.2. The molecule has 2 rings (SSSR count). The van der Waals surface area contributed by atoms with Crippen molar-refractivity contribution in [1.29, 1.82) is 0 Å². The molecule has 0 radical (unpaired) electrons. The van der Waals surface area contributed by atoms with Gasteiger partial charge in [-0.1, -0.05) is 6.07 Å². The summed E-state index contributed by atoms with van der Waals surface area (Å²) >= 11 is 0. The third-order valence-electron chi connectivity index (χ3n) is 3.97. The second kappa shape index (κ2) is 8.21. The molecular weight excluding hydrogens is 336 g/mol. The molecule has 0 spiro atoms. The number of carbonyl (C=O) groups is 3. The molecule has 1 aliphatic heterocycles. The van der Waals surface area contributed by atoms with Crippen LogP contribution in [0.1, 0.15) is 47.9 Å². The molecule has 1 aliphatic rings. The molecule has 7 heteroatoms. The number of nitrogens with zero attached hydrogens (tertiary/aromatic N) is 2. The molecule has 1 saturated heterocycles. The van der Waals surface area contributed by atoms with Crippen molar-refractivity contribution in [3.05, 3.63) is 35.4 Å². The van der Waals surface area contributed by atoms with Crippen molar-refractivity contribution in [3.8, 4) is 0 Å². The highest BCUT2D eigenvalue weighted by molar-refractivity contribution is 5.98. The van der Waals surface area contributed by atoms with E-state index in [1.165, 1.54) is 13.2 Å². The maximum absolute atomic E-state index is 12.8. The molecule has 2 amide bonds. The lowest BCUT2D eigenvalue weighted by atomic mass is 10.1. The fourth-order valence-electron chi connectivity index (χ4n) is 2.71. The summed E-state index contributed by atoms with van der Waals surface area (Å²) in [5.74, 6) is -0.645. The number of benzene rings is 1. The molecule has 1 aromatic rings. The standard InChI is InChI=1S/C19H26N2O5/c1-19(2,3)26-18(24)21-10-6-9-20(11-12-21)16(22)14-7-5-8-15(13-14)17(23)25-4/h5,7-8,13H,6,9-12H2,1-4H3. The van der Waals surface area contributed by atoms with Gasteiger partial charge in [0, 0.05) is 31.7 Å². The van der Waals surface area contributed by atoms with E-state index in [2.05, 4.69) is 0 Å². The Morgan fingerprint density at radius 3 is 2.23 bits per heavy atom. The van der Waals surface area contributed by atoms with Crippen LogP contribution < -0.4 is 0 Å². The van der Waals surface area contributed by atoms with Gasteiger partial charge >= 0.3 is 12.1 Å². The summed E-state index contributed by atoms with van der Waals surface area (Å²) in [4.78, 5) is 39.9. The lowest BCUT2D eigenvalue weighted by Gasteiger charge is -2.26. The molecule has 0 aromatic heterocycles. The summed E-state index contributed by atoms with van der Waals surface area (Å²) in [5, 5.41) is 0. The second-order valence-corrected chi connectivity index (χ2v) is 7.19. The van der Waals surface area contributed by atoms with E-state index in [1.807, 2.05) is 20.8 Å². The van der Waals surface area contributed by atoms with Crippen LogP contribution in [0.3, 0.4) is 0 Å². The minimum atomic E-state index is -0.548. The zero-order valence-electron chi connectivity index (χ0n) is 15.8. The van der Waals surface area contributed by atoms with Crippen LogP contribution in [0.2, 0.25) is 0 Å². The average molecular weight is 362 g/mol. The van der Waals surface area contributed by atoms with Crippen LogP contribution in [0.5, 0.6) is 0 Å². The van der Waals surface area contributed by atoms with Crippen LogP contribution >= 0.6 is 0 Å². The van der Waals surface area contributed by atoms with Gasteiger partial charge in [0.05, 0.1) is 12.7 Å². The van der Waals surface area contributed by atoms with E-state index in [0.29, 0.717) is 43.7 Å². The SMILES string of the molecule is COC(=O)c1cccc(C(=O)N2CCCN(C(=O)OC(C)(C)C)CC2)c1. The molecule has 0 atom stereocenters. The second-order valence-electron chi connectivity index (χ2n) is 7.19. The first-order chi connectivity index (χ1) is 12.2. The van der Waals surface area contributed by atoms with Gasteiger partial charge in [-0.3, -0.25) is 4.79 Å². The number of hydrogen-bond acceptors (Lipinski definition) is 5. The van der Waals surface area contributed by atoms with E-state index in [-0.39, 0.29) is 12.0 Å². The summed E-state index contributed by atoms with van der Waals surface area (Å²) in [6.07, 6.45) is 0.307. The van der Waals surface area contributed by atoms with E-state index in [1.54, 1.807) is 28.0 Å². The van der Waals surface area contributed by atoms with Crippen LogP contribution in [0.25, 0.3) is 0 Å². The first kappa shape index (κ1) is 19.8. The smallest absolute Gasteiger partial charge is 0.410 e. The highest BCUT2D eigenvalue weighted by Crippen LogP contribution is 2.15. The van der Waals surface area contributed by atoms with E-state index in [0.717, 1.165) is 0 Å². The third kappa shape index (κ3) is 5.21. The Morgan fingerprint density at radius 1 is 0.962 bits per heavy atom. The Balaban J connectivity index is 2.03. The monoisotopic (exact) mass is 362 g/mol. The first-order valence-corrected chi connectivity index (χ1v) is 8.67. The van der Waals surface area contributed by atoms with Crippen molar-refractivity contribution >= 4 is 18.0 Å². The predicted molar refractivity (Wildman–Crippen MR) is 96.1 cm³/mol. The number of amides is 2. The molecule has 142 valence electrons. The van der Waals surface area contributed by atoms with Gasteiger partial charge in [0.2, 0.25) is 0 Å². The van der Waals surface area contributed by atoms with Crippen molar-refractivity contribution in [1.82, 2.24) is 9.80 Å². The summed E-state index contributed by atoms with van der Waals surface area (Å²) in [5.41, 5.74) is 0.218. The quantitative estimate of drug-likeness (QED) is 0.756. The molecule has 26 heavy (non-hydrogen) atoms. The first-order valence-electron chi connectivity index (χ1n) is 8.67. The molecule has 0 N–H and O–H groups in total. The fourth-order valence-corrected chi connectivity index (χ4v) is 2.71. The van der Waals surface area contributed by atoms with Crippen LogP contribution in [-0.2, 0) is 9.47 Å². The summed E-state index contributed by atoms with van der Waals surface area (Å²) in [7, 11) is 1.30. The topological polar surface area (TPSA) is 76.2 Å². The maximum atomic E-state index is 12.8. The largest absolute Gasteiger partial charge is 0.465 e. The van der Waals surface area contributed by atoms with Crippen molar-refractivity contribution in [2.24, 2.45) is 0 Å². The van der Waals surface area contributed by atoms with Gasteiger partial charge in [-0.25, -0.2) is 9.59 Å². The summed E-state index contributed by atoms with van der Waals surface area (Å²) in [6.45, 7) is 7.39. The van der Waals surface area contributed by atoms with Crippen LogP contribution in [0, 0.1) is 0 Å². The van der Waals surface area contributed by atoms with Crippen LogP contribution in [0.15, 0.2) is 24.3 Å². The molecule has 0 unspecified atom stereocenters. The number of hydrogen-bond donors (Lipinski definition) is 0. The number of rotatable bonds is 2. The summed E-state index contributed by atoms with van der Waals surface area (Å²) < 4.78 is 10.1. The van der Waals surface area contributed by atoms with Crippen molar-refractivity contribution in [3.63, 3.8) is 0 Å². The molecule has 1 aromatic carbocycles. The number of methoxy groups -OCH3 is 1. The molecule has 1 heterocycles. The number of esters is 1. The van der Waals surface area contributed by atoms with E-state index in [9.17, 15) is 14.4 Å². The van der Waals surface area contributed by atoms with Crippen molar-refractivity contribution in [2.45, 2.75) is 32.8 Å². The third-order valence-corrected chi connectivity index (χ3v) is 3.97. The number of ether oxygens (including phenoxy) is 2. The highest BCUT2D eigenvalue weighted by atomic mass is 16.6. The number of carbonyl (C=O) groups excluding carboxylic acids is 3. The maximum Gasteiger partial charge on any atom is 0.410 e. The average Bonchev–Trinajstić information content (AvgIpc) is 2.85. The summed E-state index contributed by atoms with van der Waals surface area (Å²) in [6, 6.07) is 6.47. The lowest BCUT2D eigenvalue weighted by Crippen LogP contribution is -2.40. The highest BCUT2D eigenvalue weighted by Gasteiger charge is 2.26. The molecule has 0 aliphatic carbocycles. The lowest BCUT2D eigenvalue weighted by molar-refractivity contribution is 0.0255. The fraction of sp³-hybridized carbons (Fsp3) is 0.526. The molecule has 7 nitrogen and oxygen atoms in total. The minimum absolute atomic E-state index is 0.165. The minimum Gasteiger partial charge on any atom is -0.465 e. The van der Waals surface area contributed by atoms with Gasteiger partial charge in [-0.15, -0.1) is 0 Å². The zero-order valence-corrected chi connectivity index (χ0v) is 15.8. The molecule has 0 bridgehead atoms. The Morgan fingerprint density at radius 2 is 1.58 bits per heavy atom. The van der Waals surface area contributed by atoms with Gasteiger partial charge in [0.25, 0.3) is 5.91 Å². The Bertz CT molecular complexity index is 681. The van der Waals surface area contributed by atoms with E-state index >= 15 is 0 Å². The Kier molecular flexibility index (Phi) is 6.23. The molecule has 1 fully saturated rings. The van der Waals surface area contributed by atoms with Gasteiger partial charge in [-0.2, -0.15) is 0 Å². The van der Waals surface area contributed by atoms with Gasteiger partial charge in [0.15, 0.2) is 0 Å². The Labute approximate surface area is 153 Å². The van der Waals surface area contributed by atoms with Crippen molar-refractivity contribution in [2.75, 3.05) is 33.3 Å². The van der Waals surface area contributed by atoms with Gasteiger partial charge in [-0.05, 0) is 45.4 Å².